The standard InChI is InChI=1S/C60H70N2O6Si2/c1-59(2,3)69(49-23-11-7-12-24-49,50-25-13-8-14-26-50)65-41-47-37-43-35-45-39-55(67-57(63)53-31-19-21-33-61-53)56(68-58(64)54-32-20-22-34-62-54)40-46(45)36-44(43)38-48(47)42-66-70(60(4,5)6,51-27-15-9-16-28-51)52-29-17-10-18-30-52/h7-34,43-48,55-56H,35-42H2,1-6H3/t43-,44+,45-,46+,47-,48-,55+,56-/m0/s1. The average Bonchev–Trinajstić information content (AvgIpc) is 3.37. The van der Waals surface area contributed by atoms with Crippen LogP contribution in [0, 0.1) is 35.5 Å². The maximum Gasteiger partial charge on any atom is 0.357 e. The van der Waals surface area contributed by atoms with Gasteiger partial charge in [-0.3, -0.25) is 0 Å². The highest BCUT2D eigenvalue weighted by molar-refractivity contribution is 7.00. The molecule has 8 nitrogen and oxygen atoms in total. The van der Waals surface area contributed by atoms with Crippen LogP contribution < -0.4 is 20.7 Å². The molecule has 0 N–H and O–H groups in total. The molecule has 6 aromatic rings. The van der Waals surface area contributed by atoms with Gasteiger partial charge in [-0.2, -0.15) is 0 Å². The van der Waals surface area contributed by atoms with E-state index in [4.69, 9.17) is 18.3 Å². The van der Waals surface area contributed by atoms with Crippen LogP contribution in [0.15, 0.2) is 170 Å². The van der Waals surface area contributed by atoms with Gasteiger partial charge in [0.25, 0.3) is 16.6 Å². The number of hydrogen-bond acceptors (Lipinski definition) is 8. The van der Waals surface area contributed by atoms with Gasteiger partial charge < -0.3 is 18.3 Å². The molecule has 0 spiro atoms. The van der Waals surface area contributed by atoms with Gasteiger partial charge in [0.15, 0.2) is 0 Å². The lowest BCUT2D eigenvalue weighted by Crippen LogP contribution is -2.67. The minimum atomic E-state index is -2.86. The second-order valence-corrected chi connectivity index (χ2v) is 30.9. The third kappa shape index (κ3) is 10.2. The zero-order valence-electron chi connectivity index (χ0n) is 41.8. The largest absolute Gasteiger partial charge is 0.454 e. The van der Waals surface area contributed by atoms with Gasteiger partial charge >= 0.3 is 11.9 Å². The predicted octanol–water partition coefficient (Wildman–Crippen LogP) is 10.5. The minimum Gasteiger partial charge on any atom is -0.454 e. The summed E-state index contributed by atoms with van der Waals surface area (Å²) in [6.45, 7) is 15.4. The Bertz CT molecular complexity index is 2370. The Labute approximate surface area is 417 Å². The zero-order chi connectivity index (χ0) is 48.9. The highest BCUT2D eigenvalue weighted by atomic mass is 28.4. The van der Waals surface area contributed by atoms with Crippen molar-refractivity contribution in [3.8, 4) is 0 Å². The Morgan fingerprint density at radius 3 is 1.01 bits per heavy atom. The molecule has 8 atom stereocenters. The van der Waals surface area contributed by atoms with Crippen LogP contribution in [0.4, 0.5) is 0 Å². The number of benzene rings is 4. The van der Waals surface area contributed by atoms with Crippen molar-refractivity contribution < 1.29 is 27.9 Å². The van der Waals surface area contributed by atoms with Gasteiger partial charge in [-0.25, -0.2) is 19.6 Å². The summed E-state index contributed by atoms with van der Waals surface area (Å²) in [4.78, 5) is 35.8. The molecular formula is C60H70N2O6Si2. The number of esters is 2. The van der Waals surface area contributed by atoms with Crippen molar-refractivity contribution in [1.82, 2.24) is 9.97 Å². The van der Waals surface area contributed by atoms with E-state index in [2.05, 4.69) is 173 Å². The number of rotatable bonds is 14. The number of aromatic nitrogens is 2. The van der Waals surface area contributed by atoms with Crippen molar-refractivity contribution in [1.29, 1.82) is 0 Å². The average molecular weight is 971 g/mol. The molecule has 0 saturated heterocycles. The monoisotopic (exact) mass is 970 g/mol. The van der Waals surface area contributed by atoms with Gasteiger partial charge in [0, 0.05) is 25.6 Å². The summed E-state index contributed by atoms with van der Waals surface area (Å²) in [5, 5.41) is 4.83. The van der Waals surface area contributed by atoms with E-state index in [1.54, 1.807) is 48.8 Å². The van der Waals surface area contributed by atoms with E-state index in [9.17, 15) is 9.59 Å². The molecular weight excluding hydrogens is 901 g/mol. The number of carbonyl (C=O) groups excluding carboxylic acids is 2. The Kier molecular flexibility index (Phi) is 14.9. The number of pyridine rings is 2. The maximum absolute atomic E-state index is 13.6. The van der Waals surface area contributed by atoms with Crippen LogP contribution in [-0.4, -0.2) is 64.0 Å². The van der Waals surface area contributed by atoms with Crippen molar-refractivity contribution in [2.24, 2.45) is 35.5 Å². The van der Waals surface area contributed by atoms with Crippen molar-refractivity contribution >= 4 is 49.3 Å². The van der Waals surface area contributed by atoms with E-state index in [1.165, 1.54) is 20.7 Å². The second-order valence-electron chi connectivity index (χ2n) is 22.2. The smallest absolute Gasteiger partial charge is 0.357 e. The molecule has 3 aliphatic rings. The maximum atomic E-state index is 13.6. The summed E-state index contributed by atoms with van der Waals surface area (Å²) in [5.41, 5.74) is 0.482. The molecule has 70 heavy (non-hydrogen) atoms. The first kappa shape index (κ1) is 49.5. The third-order valence-electron chi connectivity index (χ3n) is 16.0. The molecule has 9 rings (SSSR count). The van der Waals surface area contributed by atoms with Gasteiger partial charge in [-0.1, -0.05) is 175 Å². The summed E-state index contributed by atoms with van der Waals surface area (Å²) in [7, 11) is -5.72. The number of fused-ring (bicyclic) bond motifs is 2. The summed E-state index contributed by atoms with van der Waals surface area (Å²) in [6, 6.07) is 54.4. The first-order valence-corrected chi connectivity index (χ1v) is 29.3. The van der Waals surface area contributed by atoms with Gasteiger partial charge in [-0.05, 0) is 129 Å². The van der Waals surface area contributed by atoms with Gasteiger partial charge in [-0.15, -0.1) is 0 Å². The van der Waals surface area contributed by atoms with Crippen LogP contribution in [-0.2, 0) is 18.3 Å². The highest BCUT2D eigenvalue weighted by Crippen LogP contribution is 2.54. The Morgan fingerprint density at radius 2 is 0.729 bits per heavy atom. The Balaban J connectivity index is 1.05. The number of ether oxygens (including phenoxy) is 2. The first-order chi connectivity index (χ1) is 33.8. The van der Waals surface area contributed by atoms with Crippen LogP contribution >= 0.6 is 0 Å². The molecule has 3 aliphatic carbocycles. The second kappa shape index (κ2) is 21.1. The minimum absolute atomic E-state index is 0.160. The molecule has 364 valence electrons. The SMILES string of the molecule is CC(C)(C)[Si](OC[C@@H]1C[C@@H]2C[C@H]3C[C@@H](OC(=O)c4ccccn4)[C@@H](OC(=O)c4ccccn4)C[C@H]3C[C@@H]2C[C@H]1CO[Si](c1ccccc1)(c1ccccc1)C(C)(C)C)(c1ccccc1)c1ccccc1. The summed E-state index contributed by atoms with van der Waals surface area (Å²) in [6.07, 6.45) is 7.31. The molecule has 3 fully saturated rings. The van der Waals surface area contributed by atoms with Crippen molar-refractivity contribution in [3.63, 3.8) is 0 Å². The van der Waals surface area contributed by atoms with Crippen LogP contribution in [0.25, 0.3) is 0 Å². The number of hydrogen-bond donors (Lipinski definition) is 0. The van der Waals surface area contributed by atoms with Crippen LogP contribution in [0.1, 0.15) is 101 Å². The van der Waals surface area contributed by atoms with Gasteiger partial charge in [0.2, 0.25) is 0 Å². The topological polar surface area (TPSA) is 96.8 Å². The lowest BCUT2D eigenvalue weighted by atomic mass is 9.56. The molecule has 2 aromatic heterocycles. The zero-order valence-corrected chi connectivity index (χ0v) is 43.8. The fourth-order valence-corrected chi connectivity index (χ4v) is 22.0. The van der Waals surface area contributed by atoms with Crippen molar-refractivity contribution in [3.05, 3.63) is 182 Å². The third-order valence-corrected chi connectivity index (χ3v) is 26.0. The van der Waals surface area contributed by atoms with Gasteiger partial charge in [0.05, 0.1) is 0 Å². The van der Waals surface area contributed by atoms with Crippen molar-refractivity contribution in [2.75, 3.05) is 13.2 Å². The molecule has 0 unspecified atom stereocenters. The Hall–Kier alpha value is -5.53. The Morgan fingerprint density at radius 1 is 0.429 bits per heavy atom. The van der Waals surface area contributed by atoms with E-state index < -0.39 is 40.8 Å². The molecule has 4 aromatic carbocycles. The van der Waals surface area contributed by atoms with E-state index in [1.807, 2.05) is 0 Å². The summed E-state index contributed by atoms with van der Waals surface area (Å²) < 4.78 is 28.3. The van der Waals surface area contributed by atoms with Crippen LogP contribution in [0.5, 0.6) is 0 Å². The normalized spacial score (nSPS) is 23.9. The number of nitrogens with zero attached hydrogens (tertiary/aromatic N) is 2. The predicted molar refractivity (Wildman–Crippen MR) is 283 cm³/mol. The van der Waals surface area contributed by atoms with E-state index in [-0.39, 0.29) is 33.3 Å². The molecule has 0 bridgehead atoms. The fraction of sp³-hybridized carbons (Fsp3) is 0.400. The first-order valence-electron chi connectivity index (χ1n) is 25.5. The molecule has 2 heterocycles. The quantitative estimate of drug-likeness (QED) is 0.0787. The van der Waals surface area contributed by atoms with E-state index in [0.717, 1.165) is 25.7 Å². The van der Waals surface area contributed by atoms with E-state index >= 15 is 0 Å². The lowest BCUT2D eigenvalue weighted by molar-refractivity contribution is -0.0995. The van der Waals surface area contributed by atoms with Gasteiger partial charge in [0.1, 0.15) is 23.6 Å². The molecule has 0 aliphatic heterocycles. The molecule has 3 saturated carbocycles. The van der Waals surface area contributed by atoms with E-state index in [0.29, 0.717) is 49.7 Å². The van der Waals surface area contributed by atoms with Crippen LogP contribution in [0.3, 0.4) is 0 Å². The number of carbonyl (C=O) groups is 2. The van der Waals surface area contributed by atoms with Crippen LogP contribution in [0.2, 0.25) is 10.1 Å². The highest BCUT2D eigenvalue weighted by Gasteiger charge is 2.55. The lowest BCUT2D eigenvalue weighted by Gasteiger charge is -2.53. The molecule has 0 radical (unpaired) electrons. The summed E-state index contributed by atoms with van der Waals surface area (Å²) >= 11 is 0. The fourth-order valence-electron chi connectivity index (χ4n) is 12.8. The van der Waals surface area contributed by atoms with Crippen molar-refractivity contribution in [2.45, 2.75) is 102 Å². The summed E-state index contributed by atoms with van der Waals surface area (Å²) in [5.74, 6) is 0.997. The molecule has 10 heteroatoms. The molecule has 0 amide bonds.